The predicted molar refractivity (Wildman–Crippen MR) is 49.6 cm³/mol. The molecule has 0 spiro atoms. The molecule has 1 heterocycles. The van der Waals surface area contributed by atoms with Crippen LogP contribution in [0.15, 0.2) is 0 Å². The first-order valence-corrected chi connectivity index (χ1v) is 4.67. The summed E-state index contributed by atoms with van der Waals surface area (Å²) in [6, 6.07) is -0.509. The highest BCUT2D eigenvalue weighted by atomic mass is 16.6. The second-order valence-corrected chi connectivity index (χ2v) is 4.44. The largest absolute Gasteiger partial charge is 0.444 e. The number of ether oxygens (including phenoxy) is 1. The first-order valence-electron chi connectivity index (χ1n) is 4.67. The fraction of sp³-hybridized carbons (Fsp3) is 0.889. The summed E-state index contributed by atoms with van der Waals surface area (Å²) >= 11 is 0. The van der Waals surface area contributed by atoms with Crippen molar-refractivity contribution in [1.29, 1.82) is 0 Å². The van der Waals surface area contributed by atoms with Crippen LogP contribution in [0.3, 0.4) is 0 Å². The van der Waals surface area contributed by atoms with Gasteiger partial charge in [0.2, 0.25) is 0 Å². The van der Waals surface area contributed by atoms with Gasteiger partial charge in [0.25, 0.3) is 0 Å². The monoisotopic (exact) mass is 203 g/mol. The molecule has 0 aromatic heterocycles. The topological polar surface area (TPSA) is 70.0 Å². The van der Waals surface area contributed by atoms with Gasteiger partial charge in [-0.15, -0.1) is 0 Å². The van der Waals surface area contributed by atoms with E-state index in [1.165, 1.54) is 4.90 Å². The average Bonchev–Trinajstić information content (AvgIpc) is 1.75. The van der Waals surface area contributed by atoms with E-state index in [1.54, 1.807) is 20.8 Å². The Labute approximate surface area is 83.3 Å². The summed E-state index contributed by atoms with van der Waals surface area (Å²) in [6.45, 7) is 5.84. The molecule has 0 unspecified atom stereocenters. The lowest BCUT2D eigenvalue weighted by Crippen LogP contribution is -2.57. The van der Waals surface area contributed by atoms with E-state index in [-0.39, 0.29) is 0 Å². The third-order valence-corrected chi connectivity index (χ3v) is 2.04. The zero-order valence-electron chi connectivity index (χ0n) is 8.73. The molecule has 14 heavy (non-hydrogen) atoms. The smallest absolute Gasteiger partial charge is 0.410 e. The standard InChI is InChI=1S/C9H17NO4/c1-9(2,3)14-8(13)10-5-4-6(10)7(11)12/h6-7,11-12H,4-5H2,1-3H3/t6-/m0/s1. The van der Waals surface area contributed by atoms with E-state index in [1.807, 2.05) is 0 Å². The highest BCUT2D eigenvalue weighted by Gasteiger charge is 2.38. The summed E-state index contributed by atoms with van der Waals surface area (Å²) in [5.41, 5.74) is -0.544. The van der Waals surface area contributed by atoms with Crippen molar-refractivity contribution in [3.63, 3.8) is 0 Å². The number of likely N-dealkylation sites (tertiary alicyclic amines) is 1. The molecule has 0 saturated carbocycles. The molecule has 0 aromatic rings. The van der Waals surface area contributed by atoms with Crippen LogP contribution in [-0.2, 0) is 4.74 Å². The van der Waals surface area contributed by atoms with Crippen LogP contribution in [0.25, 0.3) is 0 Å². The average molecular weight is 203 g/mol. The molecule has 1 aliphatic heterocycles. The Morgan fingerprint density at radius 3 is 2.36 bits per heavy atom. The van der Waals surface area contributed by atoms with Gasteiger partial charge in [-0.25, -0.2) is 4.79 Å². The lowest BCUT2D eigenvalue weighted by molar-refractivity contribution is -0.130. The van der Waals surface area contributed by atoms with E-state index in [0.717, 1.165) is 0 Å². The fourth-order valence-electron chi connectivity index (χ4n) is 1.26. The van der Waals surface area contributed by atoms with Gasteiger partial charge in [0.15, 0.2) is 6.29 Å². The molecule has 0 bridgehead atoms. The van der Waals surface area contributed by atoms with Gasteiger partial charge in [0, 0.05) is 6.54 Å². The van der Waals surface area contributed by atoms with Crippen molar-refractivity contribution >= 4 is 6.09 Å². The third-order valence-electron chi connectivity index (χ3n) is 2.04. The van der Waals surface area contributed by atoms with Gasteiger partial charge < -0.3 is 14.9 Å². The fourth-order valence-corrected chi connectivity index (χ4v) is 1.26. The maximum Gasteiger partial charge on any atom is 0.410 e. The van der Waals surface area contributed by atoms with Crippen molar-refractivity contribution in [3.8, 4) is 0 Å². The van der Waals surface area contributed by atoms with Crippen molar-refractivity contribution in [3.05, 3.63) is 0 Å². The molecule has 0 aliphatic carbocycles. The van der Waals surface area contributed by atoms with Crippen LogP contribution in [-0.4, -0.2) is 45.7 Å². The van der Waals surface area contributed by atoms with Gasteiger partial charge in [0.05, 0.1) is 6.04 Å². The molecular formula is C9H17NO4. The van der Waals surface area contributed by atoms with Crippen LogP contribution in [0.1, 0.15) is 27.2 Å². The lowest BCUT2D eigenvalue weighted by atomic mass is 10.0. The van der Waals surface area contributed by atoms with Crippen molar-refractivity contribution < 1.29 is 19.7 Å². The zero-order chi connectivity index (χ0) is 10.9. The van der Waals surface area contributed by atoms with Crippen LogP contribution in [0.2, 0.25) is 0 Å². The molecule has 0 radical (unpaired) electrons. The first-order chi connectivity index (χ1) is 6.31. The molecular weight excluding hydrogens is 186 g/mol. The maximum absolute atomic E-state index is 11.4. The molecule has 1 aliphatic rings. The number of carbonyl (C=O) groups is 1. The molecule has 0 aromatic carbocycles. The number of carbonyl (C=O) groups excluding carboxylic acids is 1. The molecule has 5 heteroatoms. The molecule has 82 valence electrons. The Bertz CT molecular complexity index is 221. The molecule has 5 nitrogen and oxygen atoms in total. The molecule has 2 N–H and O–H groups in total. The maximum atomic E-state index is 11.4. The van der Waals surface area contributed by atoms with Crippen LogP contribution in [0.5, 0.6) is 0 Å². The van der Waals surface area contributed by atoms with Gasteiger partial charge in [-0.05, 0) is 27.2 Å². The summed E-state index contributed by atoms with van der Waals surface area (Å²) in [5, 5.41) is 17.8. The highest BCUT2D eigenvalue weighted by Crippen LogP contribution is 2.22. The van der Waals surface area contributed by atoms with E-state index in [4.69, 9.17) is 14.9 Å². The van der Waals surface area contributed by atoms with E-state index in [9.17, 15) is 4.79 Å². The van der Waals surface area contributed by atoms with E-state index in [0.29, 0.717) is 13.0 Å². The van der Waals surface area contributed by atoms with Crippen molar-refractivity contribution in [2.24, 2.45) is 0 Å². The Morgan fingerprint density at radius 1 is 1.50 bits per heavy atom. The minimum absolute atomic E-state index is 0.484. The Morgan fingerprint density at radius 2 is 2.07 bits per heavy atom. The second-order valence-electron chi connectivity index (χ2n) is 4.44. The molecule has 1 atom stereocenters. The molecule has 1 rings (SSSR count). The minimum atomic E-state index is -1.48. The molecule has 1 fully saturated rings. The van der Waals surface area contributed by atoms with Crippen molar-refractivity contribution in [2.45, 2.75) is 45.1 Å². The number of aliphatic hydroxyl groups excluding tert-OH is 1. The second kappa shape index (κ2) is 3.74. The van der Waals surface area contributed by atoms with E-state index >= 15 is 0 Å². The number of hydrogen-bond donors (Lipinski definition) is 2. The lowest BCUT2D eigenvalue weighted by Gasteiger charge is -2.41. The molecule has 1 amide bonds. The zero-order valence-corrected chi connectivity index (χ0v) is 8.73. The summed E-state index contributed by atoms with van der Waals surface area (Å²) in [6.07, 6.45) is -1.35. The van der Waals surface area contributed by atoms with Crippen LogP contribution < -0.4 is 0 Å². The van der Waals surface area contributed by atoms with E-state index in [2.05, 4.69) is 0 Å². The summed E-state index contributed by atoms with van der Waals surface area (Å²) in [7, 11) is 0. The normalized spacial score (nSPS) is 22.1. The van der Waals surface area contributed by atoms with Crippen LogP contribution in [0, 0.1) is 0 Å². The summed E-state index contributed by atoms with van der Waals surface area (Å²) < 4.78 is 5.09. The van der Waals surface area contributed by atoms with Crippen LogP contribution in [0.4, 0.5) is 4.79 Å². The SMILES string of the molecule is CC(C)(C)OC(=O)N1CC[C@H]1C(O)O. The predicted octanol–water partition coefficient (Wildman–Crippen LogP) is 0.307. The van der Waals surface area contributed by atoms with Gasteiger partial charge in [-0.1, -0.05) is 0 Å². The Kier molecular flexibility index (Phi) is 3.01. The van der Waals surface area contributed by atoms with Crippen molar-refractivity contribution in [1.82, 2.24) is 4.90 Å². The third kappa shape index (κ3) is 2.59. The number of hydrogen-bond acceptors (Lipinski definition) is 4. The first kappa shape index (κ1) is 11.3. The van der Waals surface area contributed by atoms with Gasteiger partial charge in [-0.2, -0.15) is 0 Å². The number of aliphatic hydroxyl groups is 2. The number of nitrogens with zero attached hydrogens (tertiary/aromatic N) is 1. The van der Waals surface area contributed by atoms with Gasteiger partial charge >= 0.3 is 6.09 Å². The minimum Gasteiger partial charge on any atom is -0.444 e. The van der Waals surface area contributed by atoms with Gasteiger partial charge in [-0.3, -0.25) is 4.90 Å². The number of rotatable bonds is 1. The number of amides is 1. The summed E-state index contributed by atoms with van der Waals surface area (Å²) in [4.78, 5) is 12.8. The van der Waals surface area contributed by atoms with Crippen molar-refractivity contribution in [2.75, 3.05) is 6.54 Å². The summed E-state index contributed by atoms with van der Waals surface area (Å²) in [5.74, 6) is 0. The van der Waals surface area contributed by atoms with Crippen LogP contribution >= 0.6 is 0 Å². The molecule has 1 saturated heterocycles. The highest BCUT2D eigenvalue weighted by molar-refractivity contribution is 5.69. The Hall–Kier alpha value is -0.810. The Balaban J connectivity index is 2.46. The quantitative estimate of drug-likeness (QED) is 0.602. The van der Waals surface area contributed by atoms with E-state index < -0.39 is 24.0 Å². The van der Waals surface area contributed by atoms with Gasteiger partial charge in [0.1, 0.15) is 5.60 Å².